The van der Waals surface area contributed by atoms with Gasteiger partial charge in [0.15, 0.2) is 0 Å². The molecule has 0 saturated carbocycles. The molecule has 0 aliphatic heterocycles. The zero-order valence-corrected chi connectivity index (χ0v) is 66.4. The lowest BCUT2D eigenvalue weighted by Gasteiger charge is -2.20. The van der Waals surface area contributed by atoms with Gasteiger partial charge in [-0.1, -0.05) is 221 Å². The highest BCUT2D eigenvalue weighted by molar-refractivity contribution is 6.14. The van der Waals surface area contributed by atoms with E-state index in [0.29, 0.717) is 0 Å². The number of rotatable bonds is 6. The molecule has 11 aromatic carbocycles. The molecule has 526 valence electrons. The maximum Gasteiger partial charge on any atom is 0.0541 e. The summed E-state index contributed by atoms with van der Waals surface area (Å²) in [4.78, 5) is 0. The number of fused-ring (bicyclic) bond motifs is 12. The van der Waals surface area contributed by atoms with E-state index in [1.807, 2.05) is 0 Å². The molecule has 0 fully saturated rings. The number of hydrogen-bond acceptors (Lipinski definition) is 0. The molecular formula is C100H106N4. The monoisotopic (exact) mass is 1360 g/mol. The topological polar surface area (TPSA) is 19.7 Å². The Morgan fingerprint density at radius 2 is 0.346 bits per heavy atom. The van der Waals surface area contributed by atoms with Crippen LogP contribution in [0.15, 0.2) is 200 Å². The summed E-state index contributed by atoms with van der Waals surface area (Å²) in [5.41, 5.74) is 28.6. The summed E-state index contributed by atoms with van der Waals surface area (Å²) in [6, 6.07) is 78.9. The quantitative estimate of drug-likeness (QED) is 0.148. The van der Waals surface area contributed by atoms with Gasteiger partial charge in [0.25, 0.3) is 0 Å². The molecule has 0 spiro atoms. The fourth-order valence-electron chi connectivity index (χ4n) is 16.0. The van der Waals surface area contributed by atoms with Gasteiger partial charge in [-0.3, -0.25) is 0 Å². The molecule has 0 amide bonds. The third kappa shape index (κ3) is 12.1. The van der Waals surface area contributed by atoms with Gasteiger partial charge in [-0.25, -0.2) is 0 Å². The van der Waals surface area contributed by atoms with Gasteiger partial charge in [0.2, 0.25) is 0 Å². The van der Waals surface area contributed by atoms with Crippen LogP contribution in [0.25, 0.3) is 132 Å². The number of benzene rings is 11. The molecule has 4 heteroatoms. The Labute approximate surface area is 618 Å². The largest absolute Gasteiger partial charge is 0.309 e. The second kappa shape index (κ2) is 23.6. The van der Waals surface area contributed by atoms with Crippen LogP contribution in [0.3, 0.4) is 0 Å². The van der Waals surface area contributed by atoms with Gasteiger partial charge in [0.1, 0.15) is 0 Å². The van der Waals surface area contributed by atoms with Crippen LogP contribution in [-0.4, -0.2) is 18.3 Å². The van der Waals surface area contributed by atoms with Crippen LogP contribution >= 0.6 is 0 Å². The first-order valence-corrected chi connectivity index (χ1v) is 37.8. The van der Waals surface area contributed by atoms with Crippen LogP contribution in [0.1, 0.15) is 216 Å². The Balaban J connectivity index is 1.05. The number of terminal acetylenes is 1. The molecule has 0 unspecified atom stereocenters. The van der Waals surface area contributed by atoms with Gasteiger partial charge in [0, 0.05) is 71.4 Å². The average Bonchev–Trinajstić information content (AvgIpc) is 1.50. The Bertz CT molecular complexity index is 5120. The van der Waals surface area contributed by atoms with Crippen LogP contribution in [-0.2, 0) is 43.3 Å². The minimum Gasteiger partial charge on any atom is -0.309 e. The third-order valence-corrected chi connectivity index (χ3v) is 22.6. The van der Waals surface area contributed by atoms with E-state index in [9.17, 15) is 0 Å². The van der Waals surface area contributed by atoms with Gasteiger partial charge in [0.05, 0.1) is 44.1 Å². The molecule has 4 aromatic heterocycles. The Hall–Kier alpha value is -9.82. The zero-order chi connectivity index (χ0) is 74.4. The van der Waals surface area contributed by atoms with E-state index in [1.165, 1.54) is 132 Å². The first kappa shape index (κ1) is 69.9. The van der Waals surface area contributed by atoms with E-state index in [4.69, 9.17) is 6.42 Å². The van der Waals surface area contributed by atoms with Crippen molar-refractivity contribution in [2.75, 3.05) is 0 Å². The van der Waals surface area contributed by atoms with Crippen molar-refractivity contribution in [3.05, 3.63) is 250 Å². The summed E-state index contributed by atoms with van der Waals surface area (Å²) in [5.74, 6) is 3.23. The van der Waals surface area contributed by atoms with E-state index in [0.717, 1.165) is 50.6 Å². The lowest BCUT2D eigenvalue weighted by molar-refractivity contribution is 0.590. The minimum absolute atomic E-state index is 0.0564. The lowest BCUT2D eigenvalue weighted by atomic mass is 9.85. The predicted octanol–water partition coefficient (Wildman–Crippen LogP) is 27.8. The second-order valence-electron chi connectivity index (χ2n) is 38.6. The second-order valence-corrected chi connectivity index (χ2v) is 38.6. The van der Waals surface area contributed by atoms with Gasteiger partial charge in [-0.2, -0.15) is 0 Å². The first-order valence-electron chi connectivity index (χ1n) is 37.8. The molecule has 4 nitrogen and oxygen atoms in total. The van der Waals surface area contributed by atoms with Crippen LogP contribution in [0.5, 0.6) is 0 Å². The van der Waals surface area contributed by atoms with Gasteiger partial charge in [-0.05, 0) is 262 Å². The van der Waals surface area contributed by atoms with Crippen molar-refractivity contribution >= 4 is 87.2 Å². The Morgan fingerprint density at radius 1 is 0.192 bits per heavy atom. The fraction of sp³-hybridized carbons (Fsp3) is 0.320. The molecule has 0 radical (unpaired) electrons. The number of hydrogen-bond donors (Lipinski definition) is 0. The molecule has 104 heavy (non-hydrogen) atoms. The summed E-state index contributed by atoms with van der Waals surface area (Å²) in [5, 5.41) is 9.99. The van der Waals surface area contributed by atoms with E-state index in [-0.39, 0.29) is 43.3 Å². The van der Waals surface area contributed by atoms with Gasteiger partial charge in [-0.15, -0.1) is 6.42 Å². The molecule has 0 atom stereocenters. The van der Waals surface area contributed by atoms with Crippen molar-refractivity contribution in [1.29, 1.82) is 0 Å². The van der Waals surface area contributed by atoms with Crippen molar-refractivity contribution in [2.24, 2.45) is 0 Å². The lowest BCUT2D eigenvalue weighted by Crippen LogP contribution is -2.10. The van der Waals surface area contributed by atoms with Gasteiger partial charge >= 0.3 is 0 Å². The predicted molar refractivity (Wildman–Crippen MR) is 452 cm³/mol. The third-order valence-electron chi connectivity index (χ3n) is 22.6. The highest BCUT2D eigenvalue weighted by Crippen LogP contribution is 2.47. The summed E-state index contributed by atoms with van der Waals surface area (Å²) in [6.07, 6.45) is 6.84. The summed E-state index contributed by atoms with van der Waals surface area (Å²) >= 11 is 0. The van der Waals surface area contributed by atoms with Crippen molar-refractivity contribution < 1.29 is 0 Å². The van der Waals surface area contributed by atoms with E-state index in [1.54, 1.807) is 0 Å². The van der Waals surface area contributed by atoms with E-state index >= 15 is 0 Å². The summed E-state index contributed by atoms with van der Waals surface area (Å²) in [6.45, 7) is 55.8. The smallest absolute Gasteiger partial charge is 0.0541 e. The normalized spacial score (nSPS) is 13.4. The average molecular weight is 1360 g/mol. The Kier molecular flexibility index (Phi) is 15.9. The maximum atomic E-state index is 6.84. The van der Waals surface area contributed by atoms with Crippen LogP contribution in [0.4, 0.5) is 0 Å². The first-order chi connectivity index (χ1) is 48.5. The number of nitrogens with zero attached hydrogens (tertiary/aromatic N) is 4. The molecule has 0 aliphatic carbocycles. The van der Waals surface area contributed by atoms with Crippen LogP contribution in [0.2, 0.25) is 0 Å². The molecule has 0 aliphatic rings. The number of aromatic nitrogens is 4. The minimum atomic E-state index is -0.0564. The summed E-state index contributed by atoms with van der Waals surface area (Å²) < 4.78 is 10.1. The fourth-order valence-corrected chi connectivity index (χ4v) is 16.0. The Morgan fingerprint density at radius 3 is 0.490 bits per heavy atom. The molecule has 15 aromatic rings. The standard InChI is InChI=1S/C100H106N4/c1-26-60-43-61(63-46-73(101-85-35-27-65(93(2,3)4)50-77(85)78-51-66(94(5,6)7)28-36-86(78)101)58-74(47-63)102-87-37-29-67(95(8,9)10)52-79(87)80-53-68(96(11,12)13)30-38-88(80)102)45-62(44-60)64-48-75(103-89-39-31-69(97(14,15)16)54-81(89)82-55-70(98(17,18)19)32-40-90(82)103)59-76(49-64)104-91-41-33-71(99(20,21)22)56-83(91)84-57-72(100(23,24)25)34-42-92(84)104/h1,27-59H,2-25H3. The molecular weight excluding hydrogens is 1260 g/mol. The molecule has 0 saturated heterocycles. The van der Waals surface area contributed by atoms with E-state index in [2.05, 4.69) is 391 Å². The molecule has 4 heterocycles. The summed E-state index contributed by atoms with van der Waals surface area (Å²) in [7, 11) is 0. The molecule has 15 rings (SSSR count). The van der Waals surface area contributed by atoms with Gasteiger partial charge < -0.3 is 18.3 Å². The van der Waals surface area contributed by atoms with Crippen molar-refractivity contribution in [2.45, 2.75) is 209 Å². The van der Waals surface area contributed by atoms with Crippen LogP contribution < -0.4 is 0 Å². The highest BCUT2D eigenvalue weighted by atomic mass is 15.0. The maximum absolute atomic E-state index is 6.84. The molecule has 0 bridgehead atoms. The highest BCUT2D eigenvalue weighted by Gasteiger charge is 2.29. The zero-order valence-electron chi connectivity index (χ0n) is 66.4. The van der Waals surface area contributed by atoms with Crippen molar-refractivity contribution in [1.82, 2.24) is 18.3 Å². The molecule has 0 N–H and O–H groups in total. The SMILES string of the molecule is C#Cc1cc(-c2cc(-n3c4ccc(C(C)(C)C)cc4c4cc(C(C)(C)C)ccc43)cc(-n3c4ccc(C(C)(C)C)cc4c4cc(C(C)(C)C)ccc43)c2)cc(-c2cc(-n3c4ccc(C(C)(C)C)cc4c4cc(C(C)(C)C)ccc43)cc(-n3c4ccc(C(C)(C)C)cc4c4cc(C(C)(C)C)ccc43)c2)c1. The van der Waals surface area contributed by atoms with Crippen molar-refractivity contribution in [3.8, 4) is 57.3 Å². The van der Waals surface area contributed by atoms with Crippen LogP contribution in [0, 0.1) is 12.3 Å². The van der Waals surface area contributed by atoms with E-state index < -0.39 is 0 Å². The van der Waals surface area contributed by atoms with Crippen molar-refractivity contribution in [3.63, 3.8) is 0 Å².